The van der Waals surface area contributed by atoms with Gasteiger partial charge in [-0.25, -0.2) is 0 Å². The number of nitrogens with zero attached hydrogens (tertiary/aromatic N) is 5. The second-order valence-electron chi connectivity index (χ2n) is 10.6. The first kappa shape index (κ1) is 26.1. The molecule has 40 heavy (non-hydrogen) atoms. The van der Waals surface area contributed by atoms with E-state index in [-0.39, 0.29) is 11.5 Å². The van der Waals surface area contributed by atoms with E-state index in [9.17, 15) is 9.59 Å². The van der Waals surface area contributed by atoms with Crippen molar-refractivity contribution in [2.75, 3.05) is 38.2 Å². The van der Waals surface area contributed by atoms with Crippen molar-refractivity contribution in [3.63, 3.8) is 0 Å². The van der Waals surface area contributed by atoms with Crippen molar-refractivity contribution in [1.29, 1.82) is 0 Å². The maximum atomic E-state index is 13.6. The topological polar surface area (TPSA) is 84.1 Å². The summed E-state index contributed by atoms with van der Waals surface area (Å²) < 4.78 is 8.78. The highest BCUT2D eigenvalue weighted by Crippen LogP contribution is 2.26. The van der Waals surface area contributed by atoms with Crippen LogP contribution >= 0.6 is 0 Å². The molecule has 6 rings (SSSR count). The first-order valence-electron chi connectivity index (χ1n) is 14.2. The molecule has 0 aliphatic carbocycles. The zero-order valence-corrected chi connectivity index (χ0v) is 23.2. The van der Waals surface area contributed by atoms with Crippen molar-refractivity contribution >= 4 is 17.2 Å². The third kappa shape index (κ3) is 4.86. The van der Waals surface area contributed by atoms with E-state index >= 15 is 0 Å². The Morgan fingerprint density at radius 1 is 1.07 bits per heavy atom. The Morgan fingerprint density at radius 2 is 1.90 bits per heavy atom. The molecule has 4 aromatic rings. The zero-order valence-electron chi connectivity index (χ0n) is 23.2. The maximum absolute atomic E-state index is 13.6. The fraction of sp³-hybridized carbons (Fsp3) is 0.387. The van der Waals surface area contributed by atoms with Crippen LogP contribution in [0.5, 0.6) is 5.75 Å². The lowest BCUT2D eigenvalue weighted by Crippen LogP contribution is -2.39. The number of ether oxygens (including phenoxy) is 1. The molecule has 0 saturated heterocycles. The van der Waals surface area contributed by atoms with E-state index in [1.165, 1.54) is 27.5 Å². The first-order valence-corrected chi connectivity index (χ1v) is 14.2. The van der Waals surface area contributed by atoms with Crippen LogP contribution in [0.25, 0.3) is 5.65 Å². The third-order valence-electron chi connectivity index (χ3n) is 8.17. The van der Waals surface area contributed by atoms with E-state index in [0.717, 1.165) is 62.4 Å². The lowest BCUT2D eigenvalue weighted by Gasteiger charge is -2.31. The van der Waals surface area contributed by atoms with E-state index in [4.69, 9.17) is 4.74 Å². The standard InChI is InChI=1S/C31H36N6O3/c1-3-36-28-14-17-34(20-22-10-12-24(40-2)13-11-22)21-26(28)31(39)37-30(36)25(19-33-37)29(38)32-15-18-35-16-6-8-23-7-4-5-9-27(23)35/h4-5,7,9-13,19H,3,6,8,14-18,20-21H2,1-2H3,(H,32,38). The van der Waals surface area contributed by atoms with Crippen LogP contribution in [0.2, 0.25) is 0 Å². The van der Waals surface area contributed by atoms with Gasteiger partial charge in [0.25, 0.3) is 11.5 Å². The Labute approximate surface area is 234 Å². The molecule has 4 heterocycles. The molecule has 208 valence electrons. The number of amides is 1. The molecule has 0 bridgehead atoms. The van der Waals surface area contributed by atoms with Crippen LogP contribution in [0.4, 0.5) is 5.69 Å². The molecule has 0 spiro atoms. The van der Waals surface area contributed by atoms with Gasteiger partial charge >= 0.3 is 0 Å². The number of fused-ring (bicyclic) bond motifs is 3. The summed E-state index contributed by atoms with van der Waals surface area (Å²) in [5.41, 5.74) is 6.44. The Bertz CT molecular complexity index is 1590. The lowest BCUT2D eigenvalue weighted by atomic mass is 10.0. The van der Waals surface area contributed by atoms with Gasteiger partial charge in [0.2, 0.25) is 0 Å². The Kier molecular flexibility index (Phi) is 7.30. The highest BCUT2D eigenvalue weighted by molar-refractivity contribution is 5.99. The molecule has 1 amide bonds. The minimum atomic E-state index is -0.196. The fourth-order valence-electron chi connectivity index (χ4n) is 6.17. The number of carbonyl (C=O) groups is 1. The number of aromatic nitrogens is 3. The fourth-order valence-corrected chi connectivity index (χ4v) is 6.17. The largest absolute Gasteiger partial charge is 0.497 e. The second kappa shape index (κ2) is 11.2. The third-order valence-corrected chi connectivity index (χ3v) is 8.17. The summed E-state index contributed by atoms with van der Waals surface area (Å²) in [4.78, 5) is 31.6. The van der Waals surface area contributed by atoms with Crippen molar-refractivity contribution in [2.24, 2.45) is 0 Å². The van der Waals surface area contributed by atoms with Crippen LogP contribution in [-0.4, -0.2) is 58.3 Å². The van der Waals surface area contributed by atoms with Gasteiger partial charge in [0.15, 0.2) is 5.65 Å². The minimum Gasteiger partial charge on any atom is -0.497 e. The number of carbonyl (C=O) groups excluding carboxylic acids is 1. The molecule has 0 fully saturated rings. The summed E-state index contributed by atoms with van der Waals surface area (Å²) in [6.45, 7) is 7.09. The van der Waals surface area contributed by atoms with Crippen LogP contribution in [-0.2, 0) is 32.5 Å². The molecule has 2 aliphatic rings. The van der Waals surface area contributed by atoms with E-state index in [0.29, 0.717) is 30.8 Å². The molecule has 0 atom stereocenters. The van der Waals surface area contributed by atoms with Gasteiger partial charge in [0.1, 0.15) is 11.3 Å². The van der Waals surface area contributed by atoms with Gasteiger partial charge in [-0.15, -0.1) is 0 Å². The zero-order chi connectivity index (χ0) is 27.6. The Balaban J connectivity index is 1.20. The van der Waals surface area contributed by atoms with Crippen molar-refractivity contribution in [2.45, 2.75) is 45.8 Å². The number of nitrogens with one attached hydrogen (secondary N) is 1. The van der Waals surface area contributed by atoms with E-state index in [1.807, 2.05) is 12.1 Å². The quantitative estimate of drug-likeness (QED) is 0.369. The van der Waals surface area contributed by atoms with Gasteiger partial charge in [-0.05, 0) is 49.1 Å². The second-order valence-corrected chi connectivity index (χ2v) is 10.6. The molecule has 0 saturated carbocycles. The van der Waals surface area contributed by atoms with Crippen molar-refractivity contribution in [1.82, 2.24) is 24.4 Å². The average Bonchev–Trinajstić information content (AvgIpc) is 3.44. The number of methoxy groups -OCH3 is 1. The van der Waals surface area contributed by atoms with Crippen LogP contribution in [0.15, 0.2) is 59.5 Å². The lowest BCUT2D eigenvalue weighted by molar-refractivity contribution is 0.0955. The van der Waals surface area contributed by atoms with E-state index < -0.39 is 0 Å². The SMILES string of the molecule is CCn1c2c(c(=O)n3ncc(C(=O)NCCN4CCCc5ccccc54)c13)CN(Cc1ccc(OC)cc1)CC2. The predicted molar refractivity (Wildman–Crippen MR) is 155 cm³/mol. The summed E-state index contributed by atoms with van der Waals surface area (Å²) in [7, 11) is 1.66. The molecule has 2 aliphatic heterocycles. The number of hydrogen-bond donors (Lipinski definition) is 1. The number of para-hydroxylation sites is 1. The molecule has 9 heteroatoms. The summed E-state index contributed by atoms with van der Waals surface area (Å²) in [6, 6.07) is 16.5. The molecule has 9 nitrogen and oxygen atoms in total. The first-order chi connectivity index (χ1) is 19.6. The van der Waals surface area contributed by atoms with Crippen molar-refractivity contribution in [3.05, 3.63) is 93.0 Å². The summed E-state index contributed by atoms with van der Waals surface area (Å²) >= 11 is 0. The predicted octanol–water partition coefficient (Wildman–Crippen LogP) is 3.27. The highest BCUT2D eigenvalue weighted by Gasteiger charge is 2.27. The van der Waals surface area contributed by atoms with Gasteiger partial charge < -0.3 is 19.5 Å². The van der Waals surface area contributed by atoms with Crippen LogP contribution in [0, 0.1) is 0 Å². The molecule has 0 unspecified atom stereocenters. The molecule has 2 aromatic heterocycles. The number of rotatable bonds is 8. The average molecular weight is 541 g/mol. The normalized spacial score (nSPS) is 15.1. The molecular formula is C31H36N6O3. The summed E-state index contributed by atoms with van der Waals surface area (Å²) in [5, 5.41) is 7.47. The van der Waals surface area contributed by atoms with E-state index in [2.05, 4.69) is 68.1 Å². The van der Waals surface area contributed by atoms with Crippen molar-refractivity contribution in [3.8, 4) is 5.75 Å². The number of aryl methyl sites for hydroxylation is 2. The number of hydrogen-bond acceptors (Lipinski definition) is 6. The van der Waals surface area contributed by atoms with Gasteiger partial charge in [-0.3, -0.25) is 14.5 Å². The number of benzene rings is 2. The van der Waals surface area contributed by atoms with Crippen molar-refractivity contribution < 1.29 is 9.53 Å². The monoisotopic (exact) mass is 540 g/mol. The highest BCUT2D eigenvalue weighted by atomic mass is 16.5. The maximum Gasteiger partial charge on any atom is 0.279 e. The Morgan fingerprint density at radius 3 is 2.70 bits per heavy atom. The molecular weight excluding hydrogens is 504 g/mol. The van der Waals surface area contributed by atoms with Gasteiger partial charge in [-0.2, -0.15) is 9.61 Å². The van der Waals surface area contributed by atoms with Gasteiger partial charge in [0.05, 0.1) is 18.9 Å². The summed E-state index contributed by atoms with van der Waals surface area (Å²) in [5.74, 6) is 0.634. The van der Waals surface area contributed by atoms with Crippen LogP contribution in [0.1, 0.15) is 46.1 Å². The van der Waals surface area contributed by atoms with Crippen LogP contribution in [0.3, 0.4) is 0 Å². The molecule has 2 aromatic carbocycles. The smallest absolute Gasteiger partial charge is 0.279 e. The van der Waals surface area contributed by atoms with Gasteiger partial charge in [0, 0.05) is 63.6 Å². The summed E-state index contributed by atoms with van der Waals surface area (Å²) in [6.07, 6.45) is 4.49. The van der Waals surface area contributed by atoms with Gasteiger partial charge in [-0.1, -0.05) is 30.3 Å². The molecule has 0 radical (unpaired) electrons. The minimum absolute atomic E-state index is 0.141. The Hall–Kier alpha value is -4.11. The number of anilines is 1. The molecule has 1 N–H and O–H groups in total. The van der Waals surface area contributed by atoms with Crippen LogP contribution < -0.4 is 20.5 Å². The van der Waals surface area contributed by atoms with E-state index in [1.54, 1.807) is 7.11 Å².